The molecule has 0 amide bonds. The first-order chi connectivity index (χ1) is 10.2. The summed E-state index contributed by atoms with van der Waals surface area (Å²) < 4.78 is 11.1. The summed E-state index contributed by atoms with van der Waals surface area (Å²) in [5, 5.41) is 5.67. The molecule has 21 heavy (non-hydrogen) atoms. The summed E-state index contributed by atoms with van der Waals surface area (Å²) >= 11 is 1.80. The first kappa shape index (κ1) is 15.9. The molecule has 0 saturated heterocycles. The number of hydrogen-bond donors (Lipinski definition) is 1. The SMILES string of the molecule is CCOc1cccc(CNC(C)Cc2cccs2)c1OC. The van der Waals surface area contributed by atoms with Gasteiger partial charge in [-0.15, -0.1) is 11.3 Å². The second-order valence-corrected chi connectivity index (χ2v) is 5.98. The van der Waals surface area contributed by atoms with Crippen LogP contribution in [0.4, 0.5) is 0 Å². The van der Waals surface area contributed by atoms with Crippen LogP contribution in [-0.4, -0.2) is 19.8 Å². The van der Waals surface area contributed by atoms with Gasteiger partial charge in [0.05, 0.1) is 13.7 Å². The number of para-hydroxylation sites is 1. The minimum Gasteiger partial charge on any atom is -0.493 e. The van der Waals surface area contributed by atoms with Crippen molar-refractivity contribution in [3.63, 3.8) is 0 Å². The highest BCUT2D eigenvalue weighted by Gasteiger charge is 2.11. The van der Waals surface area contributed by atoms with Crippen molar-refractivity contribution in [2.24, 2.45) is 0 Å². The lowest BCUT2D eigenvalue weighted by Gasteiger charge is -2.17. The third-order valence-corrected chi connectivity index (χ3v) is 4.19. The fraction of sp³-hybridized carbons (Fsp3) is 0.412. The highest BCUT2D eigenvalue weighted by molar-refractivity contribution is 7.09. The van der Waals surface area contributed by atoms with Crippen LogP contribution >= 0.6 is 11.3 Å². The van der Waals surface area contributed by atoms with Gasteiger partial charge in [0.1, 0.15) is 0 Å². The molecule has 1 atom stereocenters. The zero-order chi connectivity index (χ0) is 15.1. The Labute approximate surface area is 130 Å². The van der Waals surface area contributed by atoms with Gasteiger partial charge in [-0.05, 0) is 37.8 Å². The number of rotatable bonds is 8. The summed E-state index contributed by atoms with van der Waals surface area (Å²) in [7, 11) is 1.69. The molecule has 4 heteroatoms. The quantitative estimate of drug-likeness (QED) is 0.803. The van der Waals surface area contributed by atoms with Gasteiger partial charge < -0.3 is 14.8 Å². The first-order valence-corrected chi connectivity index (χ1v) is 8.17. The van der Waals surface area contributed by atoms with Crippen molar-refractivity contribution in [3.8, 4) is 11.5 Å². The molecular formula is C17H23NO2S. The molecule has 0 bridgehead atoms. The molecule has 0 spiro atoms. The van der Waals surface area contributed by atoms with E-state index in [-0.39, 0.29) is 0 Å². The predicted octanol–water partition coefficient (Wildman–Crippen LogP) is 3.88. The normalized spacial score (nSPS) is 12.1. The maximum absolute atomic E-state index is 5.61. The Morgan fingerprint density at radius 1 is 1.24 bits per heavy atom. The molecule has 0 saturated carbocycles. The van der Waals surface area contributed by atoms with Gasteiger partial charge in [0.2, 0.25) is 0 Å². The number of hydrogen-bond acceptors (Lipinski definition) is 4. The van der Waals surface area contributed by atoms with E-state index in [1.807, 2.05) is 19.1 Å². The molecule has 1 N–H and O–H groups in total. The van der Waals surface area contributed by atoms with E-state index < -0.39 is 0 Å². The Kier molecular flexibility index (Phi) is 6.08. The smallest absolute Gasteiger partial charge is 0.165 e. The highest BCUT2D eigenvalue weighted by Crippen LogP contribution is 2.31. The lowest BCUT2D eigenvalue weighted by molar-refractivity contribution is 0.308. The van der Waals surface area contributed by atoms with Crippen LogP contribution in [0.3, 0.4) is 0 Å². The average molecular weight is 305 g/mol. The number of ether oxygens (including phenoxy) is 2. The van der Waals surface area contributed by atoms with Crippen LogP contribution in [0, 0.1) is 0 Å². The Morgan fingerprint density at radius 3 is 2.76 bits per heavy atom. The van der Waals surface area contributed by atoms with E-state index in [1.165, 1.54) is 4.88 Å². The van der Waals surface area contributed by atoms with Crippen molar-refractivity contribution in [1.29, 1.82) is 0 Å². The van der Waals surface area contributed by atoms with Crippen molar-refractivity contribution >= 4 is 11.3 Å². The topological polar surface area (TPSA) is 30.5 Å². The van der Waals surface area contributed by atoms with Gasteiger partial charge in [0, 0.05) is 23.0 Å². The Hall–Kier alpha value is -1.52. The molecule has 2 rings (SSSR count). The molecule has 0 fully saturated rings. The van der Waals surface area contributed by atoms with Gasteiger partial charge in [-0.2, -0.15) is 0 Å². The van der Waals surface area contributed by atoms with E-state index in [0.717, 1.165) is 30.0 Å². The largest absolute Gasteiger partial charge is 0.493 e. The number of methoxy groups -OCH3 is 1. The van der Waals surface area contributed by atoms with Crippen LogP contribution in [0.25, 0.3) is 0 Å². The molecule has 3 nitrogen and oxygen atoms in total. The summed E-state index contributed by atoms with van der Waals surface area (Å²) in [5.74, 6) is 1.64. The second kappa shape index (κ2) is 8.05. The average Bonchev–Trinajstić information content (AvgIpc) is 2.98. The van der Waals surface area contributed by atoms with E-state index in [0.29, 0.717) is 12.6 Å². The van der Waals surface area contributed by atoms with Crippen LogP contribution in [0.5, 0.6) is 11.5 Å². The van der Waals surface area contributed by atoms with Crippen molar-refractivity contribution < 1.29 is 9.47 Å². The summed E-state index contributed by atoms with van der Waals surface area (Å²) in [4.78, 5) is 1.41. The molecule has 0 aliphatic rings. The minimum atomic E-state index is 0.420. The fourth-order valence-electron chi connectivity index (χ4n) is 2.29. The molecule has 1 aromatic heterocycles. The summed E-state index contributed by atoms with van der Waals surface area (Å²) in [6, 6.07) is 10.7. The van der Waals surface area contributed by atoms with Crippen LogP contribution < -0.4 is 14.8 Å². The van der Waals surface area contributed by atoms with Gasteiger partial charge in [-0.1, -0.05) is 18.2 Å². The molecular weight excluding hydrogens is 282 g/mol. The monoisotopic (exact) mass is 305 g/mol. The van der Waals surface area contributed by atoms with E-state index in [4.69, 9.17) is 9.47 Å². The van der Waals surface area contributed by atoms with E-state index in [1.54, 1.807) is 18.4 Å². The zero-order valence-electron chi connectivity index (χ0n) is 12.9. The Balaban J connectivity index is 1.97. The van der Waals surface area contributed by atoms with Crippen molar-refractivity contribution in [2.75, 3.05) is 13.7 Å². The molecule has 0 aliphatic carbocycles. The lowest BCUT2D eigenvalue weighted by atomic mass is 10.1. The minimum absolute atomic E-state index is 0.420. The Morgan fingerprint density at radius 2 is 2.10 bits per heavy atom. The van der Waals surface area contributed by atoms with Gasteiger partial charge in [0.15, 0.2) is 11.5 Å². The van der Waals surface area contributed by atoms with Crippen molar-refractivity contribution in [2.45, 2.75) is 32.9 Å². The van der Waals surface area contributed by atoms with Crippen LogP contribution in [0.2, 0.25) is 0 Å². The van der Waals surface area contributed by atoms with Crippen molar-refractivity contribution in [1.82, 2.24) is 5.32 Å². The number of nitrogens with one attached hydrogen (secondary N) is 1. The zero-order valence-corrected chi connectivity index (χ0v) is 13.7. The molecule has 1 aromatic carbocycles. The predicted molar refractivity (Wildman–Crippen MR) is 88.5 cm³/mol. The maximum atomic E-state index is 5.61. The van der Waals surface area contributed by atoms with Gasteiger partial charge >= 0.3 is 0 Å². The highest BCUT2D eigenvalue weighted by atomic mass is 32.1. The lowest BCUT2D eigenvalue weighted by Crippen LogP contribution is -2.27. The van der Waals surface area contributed by atoms with Crippen molar-refractivity contribution in [3.05, 3.63) is 46.2 Å². The van der Waals surface area contributed by atoms with Gasteiger partial charge in [0.25, 0.3) is 0 Å². The third kappa shape index (κ3) is 4.48. The van der Waals surface area contributed by atoms with Gasteiger partial charge in [-0.3, -0.25) is 0 Å². The molecule has 0 aliphatic heterocycles. The third-order valence-electron chi connectivity index (χ3n) is 3.29. The van der Waals surface area contributed by atoms with Gasteiger partial charge in [-0.25, -0.2) is 0 Å². The fourth-order valence-corrected chi connectivity index (χ4v) is 3.12. The maximum Gasteiger partial charge on any atom is 0.165 e. The van der Waals surface area contributed by atoms with Crippen LogP contribution in [0.15, 0.2) is 35.7 Å². The summed E-state index contributed by atoms with van der Waals surface area (Å²) in [6.45, 7) is 5.60. The number of thiophene rings is 1. The molecule has 1 unspecified atom stereocenters. The molecule has 0 radical (unpaired) electrons. The number of benzene rings is 1. The Bertz CT molecular complexity index is 540. The second-order valence-electron chi connectivity index (χ2n) is 4.95. The molecule has 1 heterocycles. The summed E-state index contributed by atoms with van der Waals surface area (Å²) in [5.41, 5.74) is 1.13. The van der Waals surface area contributed by atoms with Crippen LogP contribution in [0.1, 0.15) is 24.3 Å². The standard InChI is InChI=1S/C17H23NO2S/c1-4-20-16-9-5-7-14(17(16)19-3)12-18-13(2)11-15-8-6-10-21-15/h5-10,13,18H,4,11-12H2,1-3H3. The van der Waals surface area contributed by atoms with E-state index >= 15 is 0 Å². The van der Waals surface area contributed by atoms with E-state index in [9.17, 15) is 0 Å². The first-order valence-electron chi connectivity index (χ1n) is 7.29. The molecule has 2 aromatic rings. The molecule has 114 valence electrons. The van der Waals surface area contributed by atoms with Crippen LogP contribution in [-0.2, 0) is 13.0 Å². The van der Waals surface area contributed by atoms with E-state index in [2.05, 4.69) is 35.8 Å². The summed E-state index contributed by atoms with van der Waals surface area (Å²) in [6.07, 6.45) is 1.05.